The predicted octanol–water partition coefficient (Wildman–Crippen LogP) is 5.32. The Labute approximate surface area is 163 Å². The molecule has 0 atom stereocenters. The Morgan fingerprint density at radius 1 is 1.00 bits per heavy atom. The van der Waals surface area contributed by atoms with Gasteiger partial charge in [-0.1, -0.05) is 35.0 Å². The molecule has 1 heterocycles. The van der Waals surface area contributed by atoms with Gasteiger partial charge in [-0.25, -0.2) is 4.39 Å². The summed E-state index contributed by atoms with van der Waals surface area (Å²) in [7, 11) is 0. The van der Waals surface area contributed by atoms with Crippen LogP contribution in [0.25, 0.3) is 11.3 Å². The molecule has 0 spiro atoms. The molecule has 132 valence electrons. The first-order chi connectivity index (χ1) is 12.5. The normalized spacial score (nSPS) is 10.6. The van der Waals surface area contributed by atoms with Crippen LogP contribution >= 0.6 is 35.0 Å². The second kappa shape index (κ2) is 8.49. The smallest absolute Gasteiger partial charge is 0.234 e. The van der Waals surface area contributed by atoms with Crippen molar-refractivity contribution in [3.8, 4) is 11.3 Å². The molecule has 3 aromatic rings. The number of nitrogens with zero attached hydrogens (tertiary/aromatic N) is 2. The van der Waals surface area contributed by atoms with E-state index in [4.69, 9.17) is 23.2 Å². The number of carbonyl (C=O) groups is 1. The molecule has 0 fully saturated rings. The molecule has 0 aliphatic carbocycles. The van der Waals surface area contributed by atoms with Gasteiger partial charge in [0, 0.05) is 11.3 Å². The summed E-state index contributed by atoms with van der Waals surface area (Å²) in [5.74, 6) is -0.329. The van der Waals surface area contributed by atoms with E-state index in [1.54, 1.807) is 42.5 Å². The number of thioether (sulfide) groups is 1. The van der Waals surface area contributed by atoms with Crippen molar-refractivity contribution in [3.63, 3.8) is 0 Å². The maximum Gasteiger partial charge on any atom is 0.234 e. The first kappa shape index (κ1) is 18.6. The molecule has 1 amide bonds. The first-order valence-corrected chi connectivity index (χ1v) is 9.23. The Morgan fingerprint density at radius 3 is 2.42 bits per heavy atom. The number of aromatic nitrogens is 2. The van der Waals surface area contributed by atoms with Crippen LogP contribution in [0, 0.1) is 5.82 Å². The molecular weight excluding hydrogens is 396 g/mol. The van der Waals surface area contributed by atoms with Gasteiger partial charge < -0.3 is 5.32 Å². The van der Waals surface area contributed by atoms with Crippen molar-refractivity contribution in [3.05, 3.63) is 70.5 Å². The highest BCUT2D eigenvalue weighted by molar-refractivity contribution is 7.99. The summed E-state index contributed by atoms with van der Waals surface area (Å²) >= 11 is 13.0. The van der Waals surface area contributed by atoms with E-state index >= 15 is 0 Å². The molecule has 3 rings (SSSR count). The van der Waals surface area contributed by atoms with E-state index < -0.39 is 0 Å². The zero-order valence-corrected chi connectivity index (χ0v) is 15.6. The molecule has 4 nitrogen and oxygen atoms in total. The Hall–Kier alpha value is -2.15. The van der Waals surface area contributed by atoms with Gasteiger partial charge in [0.05, 0.1) is 21.5 Å². The molecular formula is C18H12Cl2FN3OS. The first-order valence-electron chi connectivity index (χ1n) is 7.48. The van der Waals surface area contributed by atoms with Crippen LogP contribution in [0.3, 0.4) is 0 Å². The SMILES string of the molecule is O=C(CSc1ccc(-c2ccc(F)cc2)nn1)Nc1ccc(Cl)c(Cl)c1. The van der Waals surface area contributed by atoms with Crippen LogP contribution in [0.2, 0.25) is 10.0 Å². The summed E-state index contributed by atoms with van der Waals surface area (Å²) < 4.78 is 12.9. The summed E-state index contributed by atoms with van der Waals surface area (Å²) in [6.07, 6.45) is 0. The number of anilines is 1. The Bertz CT molecular complexity index is 921. The van der Waals surface area contributed by atoms with Crippen LogP contribution in [-0.2, 0) is 4.79 Å². The molecule has 1 aromatic heterocycles. The number of halogens is 3. The number of rotatable bonds is 5. The molecule has 26 heavy (non-hydrogen) atoms. The third-order valence-corrected chi connectivity index (χ3v) is 4.99. The summed E-state index contributed by atoms with van der Waals surface area (Å²) in [6, 6.07) is 14.4. The minimum absolute atomic E-state index is 0.171. The highest BCUT2D eigenvalue weighted by Gasteiger charge is 2.07. The van der Waals surface area contributed by atoms with E-state index in [0.717, 1.165) is 5.56 Å². The highest BCUT2D eigenvalue weighted by Crippen LogP contribution is 2.25. The number of hydrogen-bond acceptors (Lipinski definition) is 4. The van der Waals surface area contributed by atoms with Crippen LogP contribution in [0.4, 0.5) is 10.1 Å². The van der Waals surface area contributed by atoms with E-state index in [-0.39, 0.29) is 17.5 Å². The largest absolute Gasteiger partial charge is 0.325 e. The number of nitrogens with one attached hydrogen (secondary N) is 1. The maximum absolute atomic E-state index is 12.9. The van der Waals surface area contributed by atoms with Crippen molar-refractivity contribution in [2.24, 2.45) is 0 Å². The van der Waals surface area contributed by atoms with Gasteiger partial charge in [-0.05, 0) is 54.6 Å². The van der Waals surface area contributed by atoms with Gasteiger partial charge in [0.25, 0.3) is 0 Å². The lowest BCUT2D eigenvalue weighted by Crippen LogP contribution is -2.14. The van der Waals surface area contributed by atoms with Crippen molar-refractivity contribution in [2.45, 2.75) is 5.03 Å². The van der Waals surface area contributed by atoms with Gasteiger partial charge in [0.2, 0.25) is 5.91 Å². The highest BCUT2D eigenvalue weighted by atomic mass is 35.5. The molecule has 0 saturated carbocycles. The Balaban J connectivity index is 1.56. The number of hydrogen-bond donors (Lipinski definition) is 1. The molecule has 0 radical (unpaired) electrons. The Morgan fingerprint density at radius 2 is 1.77 bits per heavy atom. The van der Waals surface area contributed by atoms with Crippen LogP contribution in [0.1, 0.15) is 0 Å². The van der Waals surface area contributed by atoms with E-state index in [1.807, 2.05) is 0 Å². The van der Waals surface area contributed by atoms with E-state index in [2.05, 4.69) is 15.5 Å². The fraction of sp³-hybridized carbons (Fsp3) is 0.0556. The second-order valence-corrected chi connectivity index (χ2v) is 7.04. The van der Waals surface area contributed by atoms with Crippen molar-refractivity contribution in [1.29, 1.82) is 0 Å². The number of amides is 1. The third kappa shape index (κ3) is 4.94. The average molecular weight is 408 g/mol. The fourth-order valence-corrected chi connectivity index (χ4v) is 2.99. The summed E-state index contributed by atoms with van der Waals surface area (Å²) in [6.45, 7) is 0. The van der Waals surface area contributed by atoms with Gasteiger partial charge in [0.15, 0.2) is 0 Å². The van der Waals surface area contributed by atoms with Gasteiger partial charge in [0.1, 0.15) is 10.8 Å². The van der Waals surface area contributed by atoms with E-state index in [9.17, 15) is 9.18 Å². The van der Waals surface area contributed by atoms with Gasteiger partial charge in [-0.3, -0.25) is 4.79 Å². The van der Waals surface area contributed by atoms with Crippen LogP contribution in [-0.4, -0.2) is 21.9 Å². The molecule has 8 heteroatoms. The summed E-state index contributed by atoms with van der Waals surface area (Å²) in [5, 5.41) is 12.3. The van der Waals surface area contributed by atoms with E-state index in [1.165, 1.54) is 23.9 Å². The molecule has 0 unspecified atom stereocenters. The number of carbonyl (C=O) groups excluding carboxylic acids is 1. The molecule has 1 N–H and O–H groups in total. The molecule has 0 aliphatic rings. The second-order valence-electron chi connectivity index (χ2n) is 5.23. The molecule has 0 aliphatic heterocycles. The van der Waals surface area contributed by atoms with Crippen LogP contribution < -0.4 is 5.32 Å². The van der Waals surface area contributed by atoms with E-state index in [0.29, 0.717) is 26.5 Å². The minimum Gasteiger partial charge on any atom is -0.325 e. The third-order valence-electron chi connectivity index (χ3n) is 3.33. The predicted molar refractivity (Wildman–Crippen MR) is 103 cm³/mol. The van der Waals surface area contributed by atoms with Crippen molar-refractivity contribution in [2.75, 3.05) is 11.1 Å². The quantitative estimate of drug-likeness (QED) is 0.581. The van der Waals surface area contributed by atoms with Crippen molar-refractivity contribution in [1.82, 2.24) is 10.2 Å². The standard InChI is InChI=1S/C18H12Cl2FN3OS/c19-14-6-5-13(9-15(14)20)22-17(25)10-26-18-8-7-16(23-24-18)11-1-3-12(21)4-2-11/h1-9H,10H2,(H,22,25). The zero-order valence-electron chi connectivity index (χ0n) is 13.2. The Kier molecular flexibility index (Phi) is 6.08. The van der Waals surface area contributed by atoms with Gasteiger partial charge in [-0.15, -0.1) is 10.2 Å². The summed E-state index contributed by atoms with van der Waals surface area (Å²) in [5.41, 5.74) is 1.98. The van der Waals surface area contributed by atoms with Gasteiger partial charge in [-0.2, -0.15) is 0 Å². The van der Waals surface area contributed by atoms with Crippen LogP contribution in [0.5, 0.6) is 0 Å². The lowest BCUT2D eigenvalue weighted by Gasteiger charge is -2.06. The van der Waals surface area contributed by atoms with Crippen molar-refractivity contribution >= 4 is 46.6 Å². The maximum atomic E-state index is 12.9. The van der Waals surface area contributed by atoms with Crippen LogP contribution in [0.15, 0.2) is 59.6 Å². The summed E-state index contributed by atoms with van der Waals surface area (Å²) in [4.78, 5) is 12.0. The monoisotopic (exact) mass is 407 g/mol. The van der Waals surface area contributed by atoms with Gasteiger partial charge >= 0.3 is 0 Å². The minimum atomic E-state index is -0.304. The average Bonchev–Trinajstić information content (AvgIpc) is 2.64. The van der Waals surface area contributed by atoms with Crippen molar-refractivity contribution < 1.29 is 9.18 Å². The zero-order chi connectivity index (χ0) is 18.5. The fourth-order valence-electron chi connectivity index (χ4n) is 2.08. The lowest BCUT2D eigenvalue weighted by atomic mass is 10.1. The molecule has 2 aromatic carbocycles. The topological polar surface area (TPSA) is 54.9 Å². The number of benzene rings is 2. The lowest BCUT2D eigenvalue weighted by molar-refractivity contribution is -0.113. The molecule has 0 saturated heterocycles. The molecule has 0 bridgehead atoms.